The van der Waals surface area contributed by atoms with Gasteiger partial charge in [0.1, 0.15) is 11.5 Å². The fourth-order valence-corrected chi connectivity index (χ4v) is 2.00. The van der Waals surface area contributed by atoms with Gasteiger partial charge in [-0.05, 0) is 11.6 Å². The van der Waals surface area contributed by atoms with Crippen LogP contribution in [0.15, 0.2) is 52.6 Å². The standard InChI is InChI=1S/C9H10ClNO3.C8H7NO/c1-13-8-4-9(14-2)7(10)3-6(8)5-11-12;10-7-9-6-8-4-2-1-3-5-8/h3-5,12H,1-2H3;1-5H,6H2. The topological polar surface area (TPSA) is 80.5 Å². The van der Waals surface area contributed by atoms with Gasteiger partial charge in [0.2, 0.25) is 6.08 Å². The van der Waals surface area contributed by atoms with Crippen molar-refractivity contribution in [1.29, 1.82) is 0 Å². The lowest BCUT2D eigenvalue weighted by molar-refractivity contribution is 0.321. The average molecular weight is 349 g/mol. The van der Waals surface area contributed by atoms with Gasteiger partial charge in [-0.2, -0.15) is 0 Å². The maximum absolute atomic E-state index is 9.69. The molecule has 2 aromatic carbocycles. The molecule has 6 nitrogen and oxygen atoms in total. The molecule has 1 N–H and O–H groups in total. The maximum atomic E-state index is 9.69. The lowest BCUT2D eigenvalue weighted by Crippen LogP contribution is -1.93. The zero-order chi connectivity index (χ0) is 17.8. The van der Waals surface area contributed by atoms with Crippen LogP contribution in [0.4, 0.5) is 0 Å². The van der Waals surface area contributed by atoms with Gasteiger partial charge in [0.25, 0.3) is 0 Å². The first kappa shape index (κ1) is 19.2. The van der Waals surface area contributed by atoms with Gasteiger partial charge in [-0.3, -0.25) is 0 Å². The molecule has 0 unspecified atom stereocenters. The molecule has 2 aromatic rings. The monoisotopic (exact) mass is 348 g/mol. The lowest BCUT2D eigenvalue weighted by atomic mass is 10.2. The van der Waals surface area contributed by atoms with E-state index >= 15 is 0 Å². The summed E-state index contributed by atoms with van der Waals surface area (Å²) in [6.07, 6.45) is 2.73. The van der Waals surface area contributed by atoms with Gasteiger partial charge in [-0.25, -0.2) is 9.79 Å². The van der Waals surface area contributed by atoms with Crippen LogP contribution in [-0.2, 0) is 11.3 Å². The molecule has 0 saturated heterocycles. The van der Waals surface area contributed by atoms with Gasteiger partial charge in [-0.1, -0.05) is 47.1 Å². The quantitative estimate of drug-likeness (QED) is 0.387. The number of aliphatic imine (C=N–C) groups is 1. The zero-order valence-corrected chi connectivity index (χ0v) is 14.0. The summed E-state index contributed by atoms with van der Waals surface area (Å²) in [6, 6.07) is 12.8. The number of hydrogen-bond acceptors (Lipinski definition) is 6. The van der Waals surface area contributed by atoms with Crippen LogP contribution in [0.5, 0.6) is 11.5 Å². The van der Waals surface area contributed by atoms with Gasteiger partial charge in [0.15, 0.2) is 0 Å². The molecule has 7 heteroatoms. The van der Waals surface area contributed by atoms with Crippen molar-refractivity contribution in [3.8, 4) is 11.5 Å². The van der Waals surface area contributed by atoms with Gasteiger partial charge >= 0.3 is 0 Å². The van der Waals surface area contributed by atoms with E-state index in [0.29, 0.717) is 28.6 Å². The number of rotatable bonds is 5. The third-order valence-electron chi connectivity index (χ3n) is 2.87. The molecule has 0 aromatic heterocycles. The molecular formula is C17H17ClN2O4. The maximum Gasteiger partial charge on any atom is 0.235 e. The number of carbonyl (C=O) groups excluding carboxylic acids is 1. The first-order valence-corrected chi connectivity index (χ1v) is 7.20. The highest BCUT2D eigenvalue weighted by atomic mass is 35.5. The van der Waals surface area contributed by atoms with E-state index in [1.807, 2.05) is 30.3 Å². The van der Waals surface area contributed by atoms with Crippen LogP contribution in [-0.4, -0.2) is 31.7 Å². The minimum Gasteiger partial charge on any atom is -0.496 e. The Kier molecular flexibility index (Phi) is 8.68. The van der Waals surface area contributed by atoms with Crippen LogP contribution in [0.3, 0.4) is 0 Å². The van der Waals surface area contributed by atoms with E-state index in [1.54, 1.807) is 12.1 Å². The van der Waals surface area contributed by atoms with E-state index in [9.17, 15) is 4.79 Å². The van der Waals surface area contributed by atoms with Crippen LogP contribution in [0.2, 0.25) is 5.02 Å². The van der Waals surface area contributed by atoms with Gasteiger partial charge < -0.3 is 14.7 Å². The third-order valence-corrected chi connectivity index (χ3v) is 3.17. The summed E-state index contributed by atoms with van der Waals surface area (Å²) < 4.78 is 10.1. The molecule has 0 atom stereocenters. The van der Waals surface area contributed by atoms with E-state index in [4.69, 9.17) is 26.3 Å². The van der Waals surface area contributed by atoms with E-state index in [2.05, 4.69) is 10.1 Å². The van der Waals surface area contributed by atoms with Crippen LogP contribution in [0.25, 0.3) is 0 Å². The molecule has 0 saturated carbocycles. The number of ether oxygens (including phenoxy) is 2. The minimum atomic E-state index is 0.434. The van der Waals surface area contributed by atoms with Crippen molar-refractivity contribution in [2.75, 3.05) is 14.2 Å². The Morgan fingerprint density at radius 3 is 2.38 bits per heavy atom. The molecule has 0 heterocycles. The molecule has 2 rings (SSSR count). The molecule has 0 radical (unpaired) electrons. The Morgan fingerprint density at radius 1 is 1.17 bits per heavy atom. The lowest BCUT2D eigenvalue weighted by Gasteiger charge is -2.08. The van der Waals surface area contributed by atoms with E-state index < -0.39 is 0 Å². The Labute approximate surface area is 145 Å². The van der Waals surface area contributed by atoms with Gasteiger partial charge in [-0.15, -0.1) is 0 Å². The van der Waals surface area contributed by atoms with Crippen molar-refractivity contribution in [3.63, 3.8) is 0 Å². The average Bonchev–Trinajstić information content (AvgIpc) is 2.62. The van der Waals surface area contributed by atoms with Crippen molar-refractivity contribution in [1.82, 2.24) is 0 Å². The predicted octanol–water partition coefficient (Wildman–Crippen LogP) is 3.69. The molecule has 24 heavy (non-hydrogen) atoms. The second-order valence-corrected chi connectivity index (χ2v) is 4.77. The van der Waals surface area contributed by atoms with Crippen molar-refractivity contribution in [2.45, 2.75) is 6.54 Å². The zero-order valence-electron chi connectivity index (χ0n) is 13.3. The molecule has 0 fully saturated rings. The van der Waals surface area contributed by atoms with Crippen molar-refractivity contribution in [2.24, 2.45) is 10.1 Å². The number of oxime groups is 1. The van der Waals surface area contributed by atoms with Crippen LogP contribution in [0, 0.1) is 0 Å². The van der Waals surface area contributed by atoms with Crippen LogP contribution in [0.1, 0.15) is 11.1 Å². The summed E-state index contributed by atoms with van der Waals surface area (Å²) in [5.74, 6) is 1.04. The molecule has 0 aliphatic carbocycles. The Bertz CT molecular complexity index is 714. The first-order chi connectivity index (χ1) is 11.7. The van der Waals surface area contributed by atoms with Gasteiger partial charge in [0.05, 0.1) is 32.0 Å². The highest BCUT2D eigenvalue weighted by molar-refractivity contribution is 6.32. The Balaban J connectivity index is 0.000000254. The van der Waals surface area contributed by atoms with Crippen molar-refractivity contribution in [3.05, 3.63) is 58.6 Å². The summed E-state index contributed by atoms with van der Waals surface area (Å²) in [4.78, 5) is 13.1. The molecule has 0 aliphatic heterocycles. The number of halogens is 1. The molecule has 126 valence electrons. The number of benzene rings is 2. The van der Waals surface area contributed by atoms with E-state index in [-0.39, 0.29) is 0 Å². The summed E-state index contributed by atoms with van der Waals surface area (Å²) in [6.45, 7) is 0.435. The summed E-state index contributed by atoms with van der Waals surface area (Å²) in [5.41, 5.74) is 1.62. The van der Waals surface area contributed by atoms with Gasteiger partial charge in [0, 0.05) is 11.6 Å². The summed E-state index contributed by atoms with van der Waals surface area (Å²) in [7, 11) is 3.03. The largest absolute Gasteiger partial charge is 0.496 e. The second-order valence-electron chi connectivity index (χ2n) is 4.37. The van der Waals surface area contributed by atoms with E-state index in [0.717, 1.165) is 5.56 Å². The third kappa shape index (κ3) is 6.12. The number of nitrogens with zero attached hydrogens (tertiary/aromatic N) is 2. The fourth-order valence-electron chi connectivity index (χ4n) is 1.75. The van der Waals surface area contributed by atoms with Crippen LogP contribution >= 0.6 is 11.6 Å². The minimum absolute atomic E-state index is 0.434. The summed E-state index contributed by atoms with van der Waals surface area (Å²) in [5, 5.41) is 11.7. The molecule has 0 bridgehead atoms. The smallest absolute Gasteiger partial charge is 0.235 e. The molecule has 0 aliphatic rings. The highest BCUT2D eigenvalue weighted by Crippen LogP contribution is 2.31. The number of methoxy groups -OCH3 is 2. The molecule has 0 spiro atoms. The van der Waals surface area contributed by atoms with Crippen molar-refractivity contribution >= 4 is 23.9 Å². The normalized spacial score (nSPS) is 9.62. The number of hydrogen-bond donors (Lipinski definition) is 1. The SMILES string of the molecule is COc1cc(OC)c(C=NO)cc1Cl.O=C=NCc1ccccc1. The predicted molar refractivity (Wildman–Crippen MR) is 92.2 cm³/mol. The van der Waals surface area contributed by atoms with Crippen molar-refractivity contribution < 1.29 is 19.5 Å². The van der Waals surface area contributed by atoms with E-state index in [1.165, 1.54) is 26.5 Å². The van der Waals surface area contributed by atoms with Crippen LogP contribution < -0.4 is 9.47 Å². The molecular weight excluding hydrogens is 332 g/mol. The highest BCUT2D eigenvalue weighted by Gasteiger charge is 2.07. The fraction of sp³-hybridized carbons (Fsp3) is 0.176. The Hall–Kier alpha value is -2.82. The summed E-state index contributed by atoms with van der Waals surface area (Å²) >= 11 is 5.87. The first-order valence-electron chi connectivity index (χ1n) is 6.82. The Morgan fingerprint density at radius 2 is 1.83 bits per heavy atom. The number of isocyanates is 1. The molecule has 0 amide bonds. The second kappa shape index (κ2) is 10.8.